The van der Waals surface area contributed by atoms with Gasteiger partial charge in [-0.15, -0.1) is 0 Å². The molecule has 14 heavy (non-hydrogen) atoms. The average Bonchev–Trinajstić information content (AvgIpc) is 2.70. The molecule has 0 heterocycles. The van der Waals surface area contributed by atoms with Gasteiger partial charge >= 0.3 is 5.97 Å². The number of allylic oxidation sites excluding steroid dienone is 1. The van der Waals surface area contributed by atoms with Crippen LogP contribution in [-0.2, 0) is 9.53 Å². The third-order valence-corrected chi connectivity index (χ3v) is 3.33. The number of carbonyl (C=O) groups excluding carboxylic acids is 1. The summed E-state index contributed by atoms with van der Waals surface area (Å²) in [6.45, 7) is 2.01. The molecule has 0 aromatic carbocycles. The van der Waals surface area contributed by atoms with Gasteiger partial charge in [0.1, 0.15) is 6.10 Å². The lowest BCUT2D eigenvalue weighted by Crippen LogP contribution is -2.22. The van der Waals surface area contributed by atoms with E-state index >= 15 is 0 Å². The average molecular weight is 194 g/mol. The molecule has 0 N–H and O–H groups in total. The largest absolute Gasteiger partial charge is 0.462 e. The highest BCUT2D eigenvalue weighted by atomic mass is 16.5. The SMILES string of the molecule is CCCC(=O)O[C@H]1CC[C@H]2CC=C[C@H]21. The minimum atomic E-state index is -0.0153. The Morgan fingerprint density at radius 1 is 1.50 bits per heavy atom. The molecule has 0 aliphatic heterocycles. The molecule has 0 radical (unpaired) electrons. The number of hydrogen-bond acceptors (Lipinski definition) is 2. The molecular weight excluding hydrogens is 176 g/mol. The number of carbonyl (C=O) groups is 1. The van der Waals surface area contributed by atoms with Gasteiger partial charge in [-0.3, -0.25) is 4.79 Å². The van der Waals surface area contributed by atoms with Gasteiger partial charge in [0.2, 0.25) is 0 Å². The zero-order chi connectivity index (χ0) is 9.97. The Labute approximate surface area is 85.3 Å². The van der Waals surface area contributed by atoms with E-state index in [4.69, 9.17) is 4.74 Å². The van der Waals surface area contributed by atoms with Crippen molar-refractivity contribution in [3.63, 3.8) is 0 Å². The lowest BCUT2D eigenvalue weighted by molar-refractivity contribution is -0.150. The van der Waals surface area contributed by atoms with Gasteiger partial charge in [-0.25, -0.2) is 0 Å². The van der Waals surface area contributed by atoms with Gasteiger partial charge in [0.05, 0.1) is 0 Å². The smallest absolute Gasteiger partial charge is 0.306 e. The van der Waals surface area contributed by atoms with Crippen LogP contribution in [0.5, 0.6) is 0 Å². The molecule has 0 aromatic heterocycles. The Balaban J connectivity index is 1.86. The van der Waals surface area contributed by atoms with Crippen LogP contribution in [0.1, 0.15) is 39.0 Å². The second kappa shape index (κ2) is 4.16. The molecule has 2 rings (SSSR count). The standard InChI is InChI=1S/C12H18O2/c1-2-4-12(13)14-11-8-7-9-5-3-6-10(9)11/h3,6,9-11H,2,4-5,7-8H2,1H3/t9-,10-,11+/m1/s1. The molecule has 0 saturated heterocycles. The van der Waals surface area contributed by atoms with Gasteiger partial charge in [-0.05, 0) is 31.6 Å². The Kier molecular flexibility index (Phi) is 2.90. The van der Waals surface area contributed by atoms with Crippen LogP contribution in [0.2, 0.25) is 0 Å². The summed E-state index contributed by atoms with van der Waals surface area (Å²) < 4.78 is 5.48. The number of rotatable bonds is 3. The molecule has 1 fully saturated rings. The lowest BCUT2D eigenvalue weighted by Gasteiger charge is -2.17. The monoisotopic (exact) mass is 194 g/mol. The summed E-state index contributed by atoms with van der Waals surface area (Å²) in [6, 6.07) is 0. The van der Waals surface area contributed by atoms with E-state index in [9.17, 15) is 4.79 Å². The summed E-state index contributed by atoms with van der Waals surface area (Å²) >= 11 is 0. The Morgan fingerprint density at radius 3 is 3.14 bits per heavy atom. The van der Waals surface area contributed by atoms with E-state index in [-0.39, 0.29) is 12.1 Å². The molecule has 0 amide bonds. The highest BCUT2D eigenvalue weighted by Gasteiger charge is 2.38. The van der Waals surface area contributed by atoms with Crippen molar-refractivity contribution in [2.24, 2.45) is 11.8 Å². The van der Waals surface area contributed by atoms with Gasteiger partial charge in [0.15, 0.2) is 0 Å². The minimum Gasteiger partial charge on any atom is -0.462 e. The summed E-state index contributed by atoms with van der Waals surface area (Å²) in [5, 5.41) is 0. The van der Waals surface area contributed by atoms with E-state index in [1.165, 1.54) is 12.8 Å². The van der Waals surface area contributed by atoms with Crippen LogP contribution >= 0.6 is 0 Å². The van der Waals surface area contributed by atoms with Crippen LogP contribution in [0.3, 0.4) is 0 Å². The van der Waals surface area contributed by atoms with Crippen LogP contribution in [0.25, 0.3) is 0 Å². The Hall–Kier alpha value is -0.790. The normalized spacial score (nSPS) is 34.5. The van der Waals surface area contributed by atoms with Crippen molar-refractivity contribution >= 4 is 5.97 Å². The molecule has 2 aliphatic rings. The molecule has 2 heteroatoms. The van der Waals surface area contributed by atoms with E-state index in [2.05, 4.69) is 12.2 Å². The Morgan fingerprint density at radius 2 is 2.36 bits per heavy atom. The zero-order valence-electron chi connectivity index (χ0n) is 8.74. The van der Waals surface area contributed by atoms with E-state index in [0.717, 1.165) is 18.8 Å². The predicted octanol–water partition coefficient (Wildman–Crippen LogP) is 2.68. The first-order valence-electron chi connectivity index (χ1n) is 5.67. The quantitative estimate of drug-likeness (QED) is 0.510. The summed E-state index contributed by atoms with van der Waals surface area (Å²) in [6.07, 6.45) is 9.57. The summed E-state index contributed by atoms with van der Waals surface area (Å²) in [4.78, 5) is 11.3. The second-order valence-electron chi connectivity index (χ2n) is 4.36. The first-order chi connectivity index (χ1) is 6.81. The van der Waals surface area contributed by atoms with Crippen molar-refractivity contribution in [2.45, 2.75) is 45.1 Å². The molecule has 0 unspecified atom stereocenters. The molecule has 0 aromatic rings. The molecular formula is C12H18O2. The van der Waals surface area contributed by atoms with Crippen molar-refractivity contribution in [3.05, 3.63) is 12.2 Å². The highest BCUT2D eigenvalue weighted by Crippen LogP contribution is 2.41. The maximum atomic E-state index is 11.3. The molecule has 0 bridgehead atoms. The highest BCUT2D eigenvalue weighted by molar-refractivity contribution is 5.69. The number of ether oxygens (including phenoxy) is 1. The molecule has 2 aliphatic carbocycles. The van der Waals surface area contributed by atoms with Gasteiger partial charge in [0, 0.05) is 12.3 Å². The number of esters is 1. The molecule has 3 atom stereocenters. The van der Waals surface area contributed by atoms with Crippen LogP contribution in [0.4, 0.5) is 0 Å². The first kappa shape index (κ1) is 9.75. The van der Waals surface area contributed by atoms with Gasteiger partial charge < -0.3 is 4.74 Å². The van der Waals surface area contributed by atoms with E-state index in [1.54, 1.807) is 0 Å². The summed E-state index contributed by atoms with van der Waals surface area (Å²) in [5.41, 5.74) is 0. The van der Waals surface area contributed by atoms with Crippen molar-refractivity contribution < 1.29 is 9.53 Å². The fourth-order valence-electron chi connectivity index (χ4n) is 2.60. The van der Waals surface area contributed by atoms with E-state index < -0.39 is 0 Å². The topological polar surface area (TPSA) is 26.3 Å². The molecule has 2 nitrogen and oxygen atoms in total. The molecule has 0 spiro atoms. The minimum absolute atomic E-state index is 0.0153. The third kappa shape index (κ3) is 1.84. The lowest BCUT2D eigenvalue weighted by atomic mass is 9.99. The van der Waals surface area contributed by atoms with Crippen LogP contribution < -0.4 is 0 Å². The van der Waals surface area contributed by atoms with E-state index in [1.807, 2.05) is 6.92 Å². The Bertz CT molecular complexity index is 245. The van der Waals surface area contributed by atoms with Crippen molar-refractivity contribution in [2.75, 3.05) is 0 Å². The zero-order valence-corrected chi connectivity index (χ0v) is 8.74. The van der Waals surface area contributed by atoms with Crippen molar-refractivity contribution in [3.8, 4) is 0 Å². The molecule has 1 saturated carbocycles. The van der Waals surface area contributed by atoms with Crippen molar-refractivity contribution in [1.82, 2.24) is 0 Å². The second-order valence-corrected chi connectivity index (χ2v) is 4.36. The van der Waals surface area contributed by atoms with Gasteiger partial charge in [-0.2, -0.15) is 0 Å². The maximum Gasteiger partial charge on any atom is 0.306 e. The van der Waals surface area contributed by atoms with Crippen molar-refractivity contribution in [1.29, 1.82) is 0 Å². The fraction of sp³-hybridized carbons (Fsp3) is 0.750. The van der Waals surface area contributed by atoms with Crippen LogP contribution in [-0.4, -0.2) is 12.1 Å². The van der Waals surface area contributed by atoms with Gasteiger partial charge in [0.25, 0.3) is 0 Å². The van der Waals surface area contributed by atoms with Gasteiger partial charge in [-0.1, -0.05) is 19.1 Å². The number of hydrogen-bond donors (Lipinski definition) is 0. The van der Waals surface area contributed by atoms with Crippen LogP contribution in [0, 0.1) is 11.8 Å². The summed E-state index contributed by atoms with van der Waals surface area (Å²) in [7, 11) is 0. The number of fused-ring (bicyclic) bond motifs is 1. The molecule has 78 valence electrons. The predicted molar refractivity (Wildman–Crippen MR) is 54.8 cm³/mol. The third-order valence-electron chi connectivity index (χ3n) is 3.33. The fourth-order valence-corrected chi connectivity index (χ4v) is 2.60. The first-order valence-corrected chi connectivity index (χ1v) is 5.67. The van der Waals surface area contributed by atoms with Crippen LogP contribution in [0.15, 0.2) is 12.2 Å². The van der Waals surface area contributed by atoms with E-state index in [0.29, 0.717) is 12.3 Å². The maximum absolute atomic E-state index is 11.3. The summed E-state index contributed by atoms with van der Waals surface area (Å²) in [5.74, 6) is 1.27.